The first-order valence-corrected chi connectivity index (χ1v) is 4.13. The van der Waals surface area contributed by atoms with Crippen LogP contribution in [0.3, 0.4) is 0 Å². The first-order chi connectivity index (χ1) is 3.00. The SMILES string of the molecule is C1=CPC=C[Si]1. The van der Waals surface area contributed by atoms with E-state index in [0.717, 1.165) is 18.1 Å². The van der Waals surface area contributed by atoms with Gasteiger partial charge in [0.25, 0.3) is 0 Å². The van der Waals surface area contributed by atoms with Crippen molar-refractivity contribution in [2.45, 2.75) is 0 Å². The van der Waals surface area contributed by atoms with Gasteiger partial charge in [-0.1, -0.05) is 31.6 Å². The zero-order valence-corrected chi connectivity index (χ0v) is 5.31. The van der Waals surface area contributed by atoms with Crippen molar-refractivity contribution in [1.82, 2.24) is 0 Å². The fourth-order valence-electron chi connectivity index (χ4n) is 0.304. The monoisotopic (exact) mass is 112 g/mol. The summed E-state index contributed by atoms with van der Waals surface area (Å²) in [6.45, 7) is 0. The van der Waals surface area contributed by atoms with Gasteiger partial charge >= 0.3 is 0 Å². The minimum Gasteiger partial charge on any atom is -0.0934 e. The summed E-state index contributed by atoms with van der Waals surface area (Å²) in [5.74, 6) is 4.44. The van der Waals surface area contributed by atoms with Crippen molar-refractivity contribution in [3.63, 3.8) is 0 Å². The van der Waals surface area contributed by atoms with E-state index in [1.54, 1.807) is 0 Å². The Bertz CT molecular complexity index is 65.5. The van der Waals surface area contributed by atoms with Crippen LogP contribution in [0.25, 0.3) is 0 Å². The largest absolute Gasteiger partial charge is 0.101 e. The predicted octanol–water partition coefficient (Wildman–Crippen LogP) is 1.33. The van der Waals surface area contributed by atoms with Crippen LogP contribution in [0.2, 0.25) is 0 Å². The highest BCUT2D eigenvalue weighted by molar-refractivity contribution is 7.45. The fourth-order valence-corrected chi connectivity index (χ4v) is 2.07. The molecule has 0 spiro atoms. The maximum absolute atomic E-state index is 2.22. The Balaban J connectivity index is 2.40. The summed E-state index contributed by atoms with van der Waals surface area (Å²) >= 11 is 0. The van der Waals surface area contributed by atoms with Gasteiger partial charge in [-0.3, -0.25) is 0 Å². The van der Waals surface area contributed by atoms with E-state index in [1.807, 2.05) is 0 Å². The molecule has 1 aliphatic heterocycles. The van der Waals surface area contributed by atoms with Crippen molar-refractivity contribution in [3.8, 4) is 0 Å². The molecule has 0 amide bonds. The third kappa shape index (κ3) is 1.07. The first kappa shape index (κ1) is 4.29. The standard InChI is InChI=1S/C4H5PSi/c1-3-6-4-2-5-1/h1-5H. The van der Waals surface area contributed by atoms with Crippen molar-refractivity contribution in [3.05, 3.63) is 23.0 Å². The summed E-state index contributed by atoms with van der Waals surface area (Å²) in [6, 6.07) is 0. The van der Waals surface area contributed by atoms with Crippen LogP contribution in [-0.4, -0.2) is 9.52 Å². The van der Waals surface area contributed by atoms with E-state index >= 15 is 0 Å². The van der Waals surface area contributed by atoms with Gasteiger partial charge < -0.3 is 0 Å². The van der Waals surface area contributed by atoms with E-state index < -0.39 is 0 Å². The normalized spacial score (nSPS) is 18.7. The van der Waals surface area contributed by atoms with Crippen molar-refractivity contribution >= 4 is 18.1 Å². The molecule has 0 unspecified atom stereocenters. The highest BCUT2D eigenvalue weighted by Gasteiger charge is 1.77. The van der Waals surface area contributed by atoms with E-state index in [-0.39, 0.29) is 0 Å². The molecule has 0 aromatic rings. The Morgan fingerprint density at radius 1 is 1.17 bits per heavy atom. The Morgan fingerprint density at radius 2 is 1.83 bits per heavy atom. The second-order valence-corrected chi connectivity index (χ2v) is 3.00. The highest BCUT2D eigenvalue weighted by Crippen LogP contribution is 2.14. The average molecular weight is 112 g/mol. The van der Waals surface area contributed by atoms with Gasteiger partial charge in [0.2, 0.25) is 0 Å². The molecule has 0 aromatic heterocycles. The lowest BCUT2D eigenvalue weighted by atomic mass is 11.2. The van der Waals surface area contributed by atoms with Crippen LogP contribution < -0.4 is 0 Å². The van der Waals surface area contributed by atoms with Crippen LogP contribution in [-0.2, 0) is 0 Å². The molecule has 2 heteroatoms. The number of hydrogen-bond donors (Lipinski definition) is 0. The summed E-state index contributed by atoms with van der Waals surface area (Å²) in [6.07, 6.45) is 0. The Morgan fingerprint density at radius 3 is 2.00 bits per heavy atom. The molecule has 0 aliphatic carbocycles. The minimum atomic E-state index is 0.948. The molecule has 0 saturated carbocycles. The fraction of sp³-hybridized carbons (Fsp3) is 0. The lowest BCUT2D eigenvalue weighted by Gasteiger charge is -1.86. The molecule has 0 atom stereocenters. The highest BCUT2D eigenvalue weighted by atomic mass is 31.1. The zero-order valence-electron chi connectivity index (χ0n) is 3.31. The molecule has 0 N–H and O–H groups in total. The second-order valence-electron chi connectivity index (χ2n) is 1.00. The second kappa shape index (κ2) is 2.33. The maximum Gasteiger partial charge on any atom is 0.101 e. The van der Waals surface area contributed by atoms with Crippen LogP contribution in [0, 0.1) is 0 Å². The maximum atomic E-state index is 2.22. The van der Waals surface area contributed by atoms with Crippen LogP contribution >= 0.6 is 8.58 Å². The van der Waals surface area contributed by atoms with Gasteiger partial charge in [0.05, 0.1) is 0 Å². The van der Waals surface area contributed by atoms with Crippen LogP contribution in [0.5, 0.6) is 0 Å². The summed E-state index contributed by atoms with van der Waals surface area (Å²) in [4.78, 5) is 0. The smallest absolute Gasteiger partial charge is 0.0934 e. The molecule has 1 heterocycles. The van der Waals surface area contributed by atoms with Crippen molar-refractivity contribution in [1.29, 1.82) is 0 Å². The molecule has 1 aliphatic rings. The lowest BCUT2D eigenvalue weighted by molar-refractivity contribution is 2.30. The van der Waals surface area contributed by atoms with E-state index in [4.69, 9.17) is 0 Å². The number of rotatable bonds is 0. The van der Waals surface area contributed by atoms with Gasteiger partial charge in [-0.15, -0.1) is 0 Å². The van der Waals surface area contributed by atoms with Crippen LogP contribution in [0.15, 0.2) is 23.0 Å². The summed E-state index contributed by atoms with van der Waals surface area (Å²) in [5, 5.41) is 0. The van der Waals surface area contributed by atoms with Gasteiger partial charge in [0.15, 0.2) is 0 Å². The summed E-state index contributed by atoms with van der Waals surface area (Å²) in [5.41, 5.74) is 4.44. The van der Waals surface area contributed by atoms with E-state index in [1.165, 1.54) is 0 Å². The van der Waals surface area contributed by atoms with E-state index in [9.17, 15) is 0 Å². The molecular weight excluding hydrogens is 107 g/mol. The lowest BCUT2D eigenvalue weighted by Crippen LogP contribution is -1.75. The first-order valence-electron chi connectivity index (χ1n) is 1.82. The van der Waals surface area contributed by atoms with E-state index in [0.29, 0.717) is 0 Å². The van der Waals surface area contributed by atoms with Crippen LogP contribution in [0.1, 0.15) is 0 Å². The summed E-state index contributed by atoms with van der Waals surface area (Å²) in [7, 11) is 1.90. The Labute approximate surface area is 41.9 Å². The topological polar surface area (TPSA) is 0 Å². The number of hydrogen-bond acceptors (Lipinski definition) is 0. The van der Waals surface area contributed by atoms with Crippen LogP contribution in [0.4, 0.5) is 0 Å². The molecule has 0 aromatic carbocycles. The van der Waals surface area contributed by atoms with Gasteiger partial charge in [0, 0.05) is 0 Å². The van der Waals surface area contributed by atoms with Gasteiger partial charge in [-0.05, 0) is 0 Å². The van der Waals surface area contributed by atoms with Gasteiger partial charge in [0.1, 0.15) is 9.52 Å². The molecule has 0 saturated heterocycles. The molecule has 0 fully saturated rings. The molecular formula is C4H5PSi. The molecule has 1 rings (SSSR count). The molecule has 30 valence electrons. The van der Waals surface area contributed by atoms with Gasteiger partial charge in [-0.2, -0.15) is 0 Å². The zero-order chi connectivity index (χ0) is 4.24. The Hall–Kier alpha value is 0.127. The quantitative estimate of drug-likeness (QED) is 0.327. The third-order valence-electron chi connectivity index (χ3n) is 0.552. The van der Waals surface area contributed by atoms with Crippen molar-refractivity contribution in [2.24, 2.45) is 0 Å². The van der Waals surface area contributed by atoms with Crippen molar-refractivity contribution < 1.29 is 0 Å². The van der Waals surface area contributed by atoms with Crippen molar-refractivity contribution in [2.75, 3.05) is 0 Å². The molecule has 6 heavy (non-hydrogen) atoms. The van der Waals surface area contributed by atoms with Gasteiger partial charge in [-0.25, -0.2) is 0 Å². The molecule has 0 bridgehead atoms. The minimum absolute atomic E-state index is 0.948. The molecule has 2 radical (unpaired) electrons. The third-order valence-corrected chi connectivity index (χ3v) is 2.65. The van der Waals surface area contributed by atoms with E-state index in [2.05, 4.69) is 23.0 Å². The average Bonchev–Trinajstić information content (AvgIpc) is 1.72. The molecule has 0 nitrogen and oxygen atoms in total. The summed E-state index contributed by atoms with van der Waals surface area (Å²) < 4.78 is 0. The Kier molecular flexibility index (Phi) is 1.66. The predicted molar refractivity (Wildman–Crippen MR) is 32.3 cm³/mol.